The molecular formula is C45H48N8O5. The number of hydrogen-bond acceptors (Lipinski definition) is 8. The van der Waals surface area contributed by atoms with Gasteiger partial charge < -0.3 is 40.3 Å². The molecule has 13 nitrogen and oxygen atoms in total. The number of aromatic amines is 2. The molecule has 1 unspecified atom stereocenters. The second-order valence-electron chi connectivity index (χ2n) is 16.1. The number of ether oxygens (including phenoxy) is 2. The largest absolute Gasteiger partial charge is 0.488 e. The minimum Gasteiger partial charge on any atom is -0.488 e. The van der Waals surface area contributed by atoms with Crippen LogP contribution in [0.2, 0.25) is 0 Å². The van der Waals surface area contributed by atoms with Gasteiger partial charge in [0.1, 0.15) is 36.1 Å². The Labute approximate surface area is 336 Å². The number of carbonyl (C=O) groups is 3. The van der Waals surface area contributed by atoms with Gasteiger partial charge in [0.15, 0.2) is 0 Å². The van der Waals surface area contributed by atoms with Crippen LogP contribution in [0.1, 0.15) is 87.4 Å². The van der Waals surface area contributed by atoms with Crippen molar-refractivity contribution in [3.63, 3.8) is 0 Å². The molecule has 5 heterocycles. The fourth-order valence-electron chi connectivity index (χ4n) is 9.06. The van der Waals surface area contributed by atoms with E-state index in [2.05, 4.69) is 57.7 Å². The minimum absolute atomic E-state index is 0.00656. The number of carbonyl (C=O) groups excluding carboxylic acids is 3. The van der Waals surface area contributed by atoms with Crippen molar-refractivity contribution in [2.45, 2.75) is 83.3 Å². The highest BCUT2D eigenvalue weighted by molar-refractivity contribution is 6.07. The predicted octanol–water partition coefficient (Wildman–Crippen LogP) is 7.46. The molecule has 2 fully saturated rings. The van der Waals surface area contributed by atoms with E-state index >= 15 is 0 Å². The summed E-state index contributed by atoms with van der Waals surface area (Å²) in [6, 6.07) is 22.4. The third-order valence-corrected chi connectivity index (χ3v) is 12.2. The summed E-state index contributed by atoms with van der Waals surface area (Å²) in [5, 5.41) is 4.75. The van der Waals surface area contributed by atoms with Crippen molar-refractivity contribution in [3.8, 4) is 28.1 Å². The van der Waals surface area contributed by atoms with E-state index in [0.717, 1.165) is 98.4 Å². The maximum absolute atomic E-state index is 13.8. The number of imidazole rings is 2. The lowest BCUT2D eigenvalue weighted by Crippen LogP contribution is -2.52. The van der Waals surface area contributed by atoms with Crippen LogP contribution >= 0.6 is 0 Å². The van der Waals surface area contributed by atoms with Crippen molar-refractivity contribution in [1.82, 2.24) is 35.1 Å². The van der Waals surface area contributed by atoms with Gasteiger partial charge >= 0.3 is 6.09 Å². The fourth-order valence-corrected chi connectivity index (χ4v) is 9.06. The summed E-state index contributed by atoms with van der Waals surface area (Å²) < 4.78 is 11.2. The van der Waals surface area contributed by atoms with Crippen molar-refractivity contribution >= 4 is 39.7 Å². The van der Waals surface area contributed by atoms with E-state index in [1.54, 1.807) is 0 Å². The van der Waals surface area contributed by atoms with E-state index < -0.39 is 18.2 Å². The Morgan fingerprint density at radius 2 is 1.76 bits per heavy atom. The highest BCUT2D eigenvalue weighted by atomic mass is 16.5. The van der Waals surface area contributed by atoms with Gasteiger partial charge in [0.05, 0.1) is 42.1 Å². The standard InChI is InChI=1S/C45H48N8O5/c1-24(2)39(51-45(56)57-4)44(55)53-25(3)12-17-36(53)41-47-22-34(49-41)28-13-15-30-29(19-28)23-58-37-21-31-27(20-32(30)37)14-16-33-40(31)50-42(48-33)35-11-8-18-52(35)43(54)38(46)26-9-6-5-7-10-26/h5-7,9-10,13-16,19-22,24-25,35-36,38-39H,8,11-12,17-18,23,46H2,1-4H3,(H,47,49)(H,48,50)(H,51,56)/t25-,35-,36-,38+,39?/m0/s1. The second-order valence-corrected chi connectivity index (χ2v) is 16.1. The van der Waals surface area contributed by atoms with Gasteiger partial charge in [0, 0.05) is 23.5 Å². The number of amides is 3. The number of hydrogen-bond donors (Lipinski definition) is 4. The Morgan fingerprint density at radius 1 is 0.931 bits per heavy atom. The summed E-state index contributed by atoms with van der Waals surface area (Å²) >= 11 is 0. The normalized spacial score (nSPS) is 19.9. The molecule has 2 aromatic heterocycles. The number of H-pyrrole nitrogens is 2. The Morgan fingerprint density at radius 3 is 2.55 bits per heavy atom. The molecule has 298 valence electrons. The maximum Gasteiger partial charge on any atom is 0.407 e. The number of rotatable bonds is 8. The molecule has 4 aromatic carbocycles. The van der Waals surface area contributed by atoms with Gasteiger partial charge in [-0.15, -0.1) is 0 Å². The summed E-state index contributed by atoms with van der Waals surface area (Å²) in [5.41, 5.74) is 14.0. The number of nitrogens with one attached hydrogen (secondary N) is 3. The molecule has 58 heavy (non-hydrogen) atoms. The lowest BCUT2D eigenvalue weighted by molar-refractivity contribution is -0.137. The lowest BCUT2D eigenvalue weighted by Gasteiger charge is -2.32. The maximum atomic E-state index is 13.8. The molecule has 5 atom stereocenters. The van der Waals surface area contributed by atoms with Crippen molar-refractivity contribution in [1.29, 1.82) is 0 Å². The molecule has 6 aromatic rings. The van der Waals surface area contributed by atoms with Crippen LogP contribution in [0.15, 0.2) is 79.0 Å². The van der Waals surface area contributed by atoms with Crippen LogP contribution in [-0.4, -0.2) is 73.4 Å². The zero-order valence-corrected chi connectivity index (χ0v) is 33.1. The molecule has 3 aliphatic rings. The summed E-state index contributed by atoms with van der Waals surface area (Å²) in [6.07, 6.45) is 4.49. The van der Waals surface area contributed by atoms with E-state index in [9.17, 15) is 14.4 Å². The number of alkyl carbamates (subject to hydrolysis) is 1. The Balaban J connectivity index is 0.963. The number of aromatic nitrogens is 4. The first-order chi connectivity index (χ1) is 28.1. The van der Waals surface area contributed by atoms with Gasteiger partial charge in [-0.2, -0.15) is 0 Å². The fraction of sp³-hybridized carbons (Fsp3) is 0.356. The van der Waals surface area contributed by atoms with E-state index in [-0.39, 0.29) is 35.9 Å². The van der Waals surface area contributed by atoms with E-state index in [4.69, 9.17) is 25.2 Å². The highest BCUT2D eigenvalue weighted by Crippen LogP contribution is 2.44. The average molecular weight is 781 g/mol. The summed E-state index contributed by atoms with van der Waals surface area (Å²) in [4.78, 5) is 60.2. The quantitative estimate of drug-likeness (QED) is 0.123. The van der Waals surface area contributed by atoms with E-state index in [1.165, 1.54) is 7.11 Å². The van der Waals surface area contributed by atoms with Crippen LogP contribution in [0.3, 0.4) is 0 Å². The predicted molar refractivity (Wildman–Crippen MR) is 220 cm³/mol. The highest BCUT2D eigenvalue weighted by Gasteiger charge is 2.41. The molecule has 0 spiro atoms. The number of likely N-dealkylation sites (tertiary alicyclic amines) is 2. The molecule has 3 aliphatic heterocycles. The molecule has 3 amide bonds. The number of nitrogens with zero attached hydrogens (tertiary/aromatic N) is 4. The topological polar surface area (TPSA) is 172 Å². The number of fused-ring (bicyclic) bond motifs is 6. The van der Waals surface area contributed by atoms with Gasteiger partial charge in [0.25, 0.3) is 0 Å². The number of benzene rings is 4. The first-order valence-electron chi connectivity index (χ1n) is 20.1. The van der Waals surface area contributed by atoms with Crippen LogP contribution in [0, 0.1) is 5.92 Å². The summed E-state index contributed by atoms with van der Waals surface area (Å²) in [6.45, 7) is 6.90. The molecule has 5 N–H and O–H groups in total. The first kappa shape index (κ1) is 37.4. The van der Waals surface area contributed by atoms with Crippen molar-refractivity contribution in [2.75, 3.05) is 13.7 Å². The molecule has 2 saturated heterocycles. The Kier molecular flexibility index (Phi) is 9.63. The van der Waals surface area contributed by atoms with Crippen molar-refractivity contribution in [2.24, 2.45) is 11.7 Å². The minimum atomic E-state index is -0.725. The van der Waals surface area contributed by atoms with Crippen molar-refractivity contribution < 1.29 is 23.9 Å². The van der Waals surface area contributed by atoms with Gasteiger partial charge in [-0.3, -0.25) is 9.59 Å². The first-order valence-corrected chi connectivity index (χ1v) is 20.1. The molecular weight excluding hydrogens is 733 g/mol. The van der Waals surface area contributed by atoms with Gasteiger partial charge in [-0.05, 0) is 90.4 Å². The van der Waals surface area contributed by atoms with Gasteiger partial charge in [0.2, 0.25) is 11.8 Å². The monoisotopic (exact) mass is 780 g/mol. The van der Waals surface area contributed by atoms with Crippen molar-refractivity contribution in [3.05, 3.63) is 102 Å². The SMILES string of the molecule is COC(=O)NC(C(=O)N1[C@@H](C)CC[C@H]1c1ncc(-c2ccc3c(c2)COc2cc4c(ccc5[nH]c([C@@H]6CCCN6C(=O)[C@H](N)c6ccccc6)nc54)cc2-3)[nH]1)C(C)C. The van der Waals surface area contributed by atoms with Crippen LogP contribution in [0.25, 0.3) is 44.2 Å². The zero-order chi connectivity index (χ0) is 40.2. The second kappa shape index (κ2) is 14.9. The molecule has 0 aliphatic carbocycles. The molecule has 9 rings (SSSR count). The average Bonchev–Trinajstić information content (AvgIpc) is 4.07. The summed E-state index contributed by atoms with van der Waals surface area (Å²) in [5.74, 6) is 1.92. The third kappa shape index (κ3) is 6.52. The number of nitrogens with two attached hydrogens (primary N) is 1. The third-order valence-electron chi connectivity index (χ3n) is 12.2. The molecule has 0 radical (unpaired) electrons. The van der Waals surface area contributed by atoms with Gasteiger partial charge in [-0.25, -0.2) is 14.8 Å². The summed E-state index contributed by atoms with van der Waals surface area (Å²) in [7, 11) is 1.30. The number of methoxy groups -OCH3 is 1. The van der Waals surface area contributed by atoms with Crippen LogP contribution in [0.5, 0.6) is 5.75 Å². The smallest absolute Gasteiger partial charge is 0.407 e. The Hall–Kier alpha value is -6.21. The van der Waals surface area contributed by atoms with Gasteiger partial charge in [-0.1, -0.05) is 62.4 Å². The van der Waals surface area contributed by atoms with E-state index in [0.29, 0.717) is 13.2 Å². The van der Waals surface area contributed by atoms with Crippen LogP contribution in [-0.2, 0) is 20.9 Å². The van der Waals surface area contributed by atoms with Crippen LogP contribution < -0.4 is 15.8 Å². The molecule has 0 saturated carbocycles. The Bertz CT molecular complexity index is 2550. The van der Waals surface area contributed by atoms with Crippen LogP contribution in [0.4, 0.5) is 4.79 Å². The van der Waals surface area contributed by atoms with E-state index in [1.807, 2.05) is 67.1 Å². The zero-order valence-electron chi connectivity index (χ0n) is 33.1. The molecule has 0 bridgehead atoms. The molecule has 13 heteroatoms. The lowest BCUT2D eigenvalue weighted by atomic mass is 9.92.